The van der Waals surface area contributed by atoms with Gasteiger partial charge in [0.2, 0.25) is 0 Å². The molecule has 0 radical (unpaired) electrons. The quantitative estimate of drug-likeness (QED) is 0.580. The van der Waals surface area contributed by atoms with E-state index in [1.165, 1.54) is 11.1 Å². The van der Waals surface area contributed by atoms with Crippen LogP contribution >= 0.6 is 0 Å². The van der Waals surface area contributed by atoms with Crippen molar-refractivity contribution in [1.82, 2.24) is 5.32 Å². The van der Waals surface area contributed by atoms with Crippen LogP contribution in [0.4, 0.5) is 11.4 Å². The molecule has 0 bridgehead atoms. The van der Waals surface area contributed by atoms with Crippen molar-refractivity contribution in [3.8, 4) is 0 Å². The summed E-state index contributed by atoms with van der Waals surface area (Å²) in [7, 11) is 0. The van der Waals surface area contributed by atoms with E-state index in [1.807, 2.05) is 44.2 Å². The summed E-state index contributed by atoms with van der Waals surface area (Å²) in [6.07, 6.45) is 1.79. The van der Waals surface area contributed by atoms with Crippen LogP contribution in [0.3, 0.4) is 0 Å². The highest BCUT2D eigenvalue weighted by atomic mass is 16.2. The van der Waals surface area contributed by atoms with Gasteiger partial charge in [0.1, 0.15) is 0 Å². The van der Waals surface area contributed by atoms with Crippen LogP contribution < -0.4 is 15.5 Å². The monoisotopic (exact) mass is 427 g/mol. The molecule has 1 aliphatic rings. The molecule has 0 fully saturated rings. The molecule has 2 N–H and O–H groups in total. The van der Waals surface area contributed by atoms with Crippen LogP contribution in [0, 0.1) is 0 Å². The summed E-state index contributed by atoms with van der Waals surface area (Å²) in [5, 5.41) is 6.01. The molecule has 0 aliphatic carbocycles. The highest BCUT2D eigenvalue weighted by Gasteiger charge is 2.22. The number of nitrogens with one attached hydrogen (secondary N) is 2. The topological polar surface area (TPSA) is 61.4 Å². The first kappa shape index (κ1) is 21.6. The van der Waals surface area contributed by atoms with Gasteiger partial charge in [0, 0.05) is 36.1 Å². The molecule has 1 heterocycles. The van der Waals surface area contributed by atoms with Crippen molar-refractivity contribution in [2.75, 3.05) is 16.8 Å². The van der Waals surface area contributed by atoms with Gasteiger partial charge in [-0.15, -0.1) is 0 Å². The molecule has 3 aromatic carbocycles. The molecule has 0 spiro atoms. The standard InChI is InChI=1S/C27H29N3O2/c1-3-19(2)28-27(32)24-17-23(29-26(31)21-10-5-4-6-11-21)13-14-25(24)30-16-15-20-9-7-8-12-22(20)18-30/h4-14,17,19H,3,15-16,18H2,1-2H3,(H,28,32)(H,29,31). The fourth-order valence-corrected chi connectivity index (χ4v) is 3.97. The van der Waals surface area contributed by atoms with Gasteiger partial charge in [-0.3, -0.25) is 9.59 Å². The first-order valence-corrected chi connectivity index (χ1v) is 11.2. The average Bonchev–Trinajstić information content (AvgIpc) is 2.84. The summed E-state index contributed by atoms with van der Waals surface area (Å²) in [6, 6.07) is 23.2. The lowest BCUT2D eigenvalue weighted by atomic mass is 9.98. The van der Waals surface area contributed by atoms with E-state index < -0.39 is 0 Å². The second kappa shape index (κ2) is 9.69. The van der Waals surface area contributed by atoms with E-state index in [0.717, 1.165) is 31.6 Å². The van der Waals surface area contributed by atoms with Crippen LogP contribution in [0.15, 0.2) is 72.8 Å². The molecule has 32 heavy (non-hydrogen) atoms. The minimum Gasteiger partial charge on any atom is -0.366 e. The molecular formula is C27H29N3O2. The summed E-state index contributed by atoms with van der Waals surface area (Å²) in [4.78, 5) is 28.0. The minimum absolute atomic E-state index is 0.0694. The number of fused-ring (bicyclic) bond motifs is 1. The Labute approximate surface area is 189 Å². The molecule has 4 rings (SSSR count). The highest BCUT2D eigenvalue weighted by molar-refractivity contribution is 6.06. The predicted octanol–water partition coefficient (Wildman–Crippen LogP) is 5.03. The number of hydrogen-bond acceptors (Lipinski definition) is 3. The Balaban J connectivity index is 1.63. The van der Waals surface area contributed by atoms with Gasteiger partial charge in [-0.2, -0.15) is 0 Å². The molecule has 164 valence electrons. The Morgan fingerprint density at radius 3 is 2.41 bits per heavy atom. The lowest BCUT2D eigenvalue weighted by Crippen LogP contribution is -2.35. The molecule has 5 nitrogen and oxygen atoms in total. The number of anilines is 2. The van der Waals surface area contributed by atoms with Gasteiger partial charge in [0.05, 0.1) is 5.56 Å². The van der Waals surface area contributed by atoms with Crippen molar-refractivity contribution in [3.63, 3.8) is 0 Å². The van der Waals surface area contributed by atoms with Crippen LogP contribution in [0.25, 0.3) is 0 Å². The number of nitrogens with zero attached hydrogens (tertiary/aromatic N) is 1. The average molecular weight is 428 g/mol. The summed E-state index contributed by atoms with van der Waals surface area (Å²) in [6.45, 7) is 5.64. The molecule has 1 atom stereocenters. The van der Waals surface area contributed by atoms with E-state index in [0.29, 0.717) is 16.8 Å². The third kappa shape index (κ3) is 4.83. The summed E-state index contributed by atoms with van der Waals surface area (Å²) >= 11 is 0. The number of amides is 2. The van der Waals surface area contributed by atoms with Gasteiger partial charge in [0.25, 0.3) is 11.8 Å². The van der Waals surface area contributed by atoms with Crippen molar-refractivity contribution in [3.05, 3.63) is 95.1 Å². The number of rotatable bonds is 6. The Bertz CT molecular complexity index is 1110. The second-order valence-electron chi connectivity index (χ2n) is 8.28. The molecule has 3 aromatic rings. The number of benzene rings is 3. The SMILES string of the molecule is CCC(C)NC(=O)c1cc(NC(=O)c2ccccc2)ccc1N1CCc2ccccc2C1. The van der Waals surface area contributed by atoms with Crippen molar-refractivity contribution in [2.24, 2.45) is 0 Å². The molecule has 0 saturated heterocycles. The second-order valence-corrected chi connectivity index (χ2v) is 8.28. The molecule has 1 unspecified atom stereocenters. The van der Waals surface area contributed by atoms with E-state index in [4.69, 9.17) is 0 Å². The lowest BCUT2D eigenvalue weighted by molar-refractivity contribution is 0.0938. The molecular weight excluding hydrogens is 398 g/mol. The van der Waals surface area contributed by atoms with Crippen molar-refractivity contribution in [1.29, 1.82) is 0 Å². The summed E-state index contributed by atoms with van der Waals surface area (Å²) in [5.74, 6) is -0.317. The molecule has 2 amide bonds. The van der Waals surface area contributed by atoms with E-state index in [1.54, 1.807) is 18.2 Å². The first-order chi connectivity index (χ1) is 15.5. The largest absolute Gasteiger partial charge is 0.366 e. The summed E-state index contributed by atoms with van der Waals surface area (Å²) < 4.78 is 0. The maximum Gasteiger partial charge on any atom is 0.255 e. The van der Waals surface area contributed by atoms with Crippen LogP contribution in [-0.2, 0) is 13.0 Å². The number of hydrogen-bond donors (Lipinski definition) is 2. The smallest absolute Gasteiger partial charge is 0.255 e. The Hall–Kier alpha value is -3.60. The van der Waals surface area contributed by atoms with Crippen LogP contribution in [0.2, 0.25) is 0 Å². The molecule has 1 aliphatic heterocycles. The normalized spacial score (nSPS) is 13.8. The van der Waals surface area contributed by atoms with E-state index in [9.17, 15) is 9.59 Å². The van der Waals surface area contributed by atoms with Crippen LogP contribution in [0.5, 0.6) is 0 Å². The third-order valence-electron chi connectivity index (χ3n) is 6.00. The van der Waals surface area contributed by atoms with Gasteiger partial charge >= 0.3 is 0 Å². The zero-order chi connectivity index (χ0) is 22.5. The van der Waals surface area contributed by atoms with E-state index >= 15 is 0 Å². The van der Waals surface area contributed by atoms with Gasteiger partial charge in [-0.25, -0.2) is 0 Å². The fourth-order valence-electron chi connectivity index (χ4n) is 3.97. The maximum absolute atomic E-state index is 13.2. The molecule has 0 saturated carbocycles. The van der Waals surface area contributed by atoms with Gasteiger partial charge in [-0.05, 0) is 61.2 Å². The van der Waals surface area contributed by atoms with Crippen LogP contribution in [-0.4, -0.2) is 24.4 Å². The Morgan fingerprint density at radius 2 is 1.66 bits per heavy atom. The minimum atomic E-state index is -0.196. The molecule has 5 heteroatoms. The van der Waals surface area contributed by atoms with Gasteiger partial charge < -0.3 is 15.5 Å². The van der Waals surface area contributed by atoms with Crippen molar-refractivity contribution in [2.45, 2.75) is 39.3 Å². The van der Waals surface area contributed by atoms with Gasteiger partial charge in [-0.1, -0.05) is 49.4 Å². The molecule has 0 aromatic heterocycles. The number of carbonyl (C=O) groups excluding carboxylic acids is 2. The van der Waals surface area contributed by atoms with E-state index in [-0.39, 0.29) is 17.9 Å². The van der Waals surface area contributed by atoms with Crippen molar-refractivity contribution < 1.29 is 9.59 Å². The first-order valence-electron chi connectivity index (χ1n) is 11.2. The Kier molecular flexibility index (Phi) is 6.55. The third-order valence-corrected chi connectivity index (χ3v) is 6.00. The zero-order valence-corrected chi connectivity index (χ0v) is 18.6. The highest BCUT2D eigenvalue weighted by Crippen LogP contribution is 2.30. The maximum atomic E-state index is 13.2. The fraction of sp³-hybridized carbons (Fsp3) is 0.259. The Morgan fingerprint density at radius 1 is 0.938 bits per heavy atom. The summed E-state index contributed by atoms with van der Waals surface area (Å²) in [5.41, 5.74) is 5.30. The van der Waals surface area contributed by atoms with Gasteiger partial charge in [0.15, 0.2) is 0 Å². The predicted molar refractivity (Wildman–Crippen MR) is 129 cm³/mol. The lowest BCUT2D eigenvalue weighted by Gasteiger charge is -2.32. The zero-order valence-electron chi connectivity index (χ0n) is 18.6. The number of carbonyl (C=O) groups is 2. The van der Waals surface area contributed by atoms with Crippen LogP contribution in [0.1, 0.15) is 52.1 Å². The van der Waals surface area contributed by atoms with Crippen molar-refractivity contribution >= 4 is 23.2 Å². The van der Waals surface area contributed by atoms with E-state index in [2.05, 4.69) is 39.8 Å².